The number of pyridine rings is 1. The topological polar surface area (TPSA) is 90.0 Å². The fourth-order valence-corrected chi connectivity index (χ4v) is 3.94. The van der Waals surface area contributed by atoms with Gasteiger partial charge >= 0.3 is 0 Å². The molecule has 4 rings (SSSR count). The summed E-state index contributed by atoms with van der Waals surface area (Å²) in [4.78, 5) is 31.4. The average molecular weight is 347 g/mol. The highest BCUT2D eigenvalue weighted by molar-refractivity contribution is 5.94. The molecule has 0 saturated carbocycles. The summed E-state index contributed by atoms with van der Waals surface area (Å²) >= 11 is 0. The van der Waals surface area contributed by atoms with Gasteiger partial charge in [-0.3, -0.25) is 9.59 Å². The molecule has 2 atom stereocenters. The minimum atomic E-state index is -0.573. The number of hydrogen-bond donors (Lipinski definition) is 1. The van der Waals surface area contributed by atoms with Gasteiger partial charge in [-0.05, 0) is 18.6 Å². The third-order valence-corrected chi connectivity index (χ3v) is 5.30. The van der Waals surface area contributed by atoms with Crippen LogP contribution in [0.25, 0.3) is 0 Å². The second-order valence-corrected chi connectivity index (χ2v) is 6.64. The number of likely N-dealkylation sites (tertiary alicyclic amines) is 1. The first-order chi connectivity index (χ1) is 12.1. The van der Waals surface area contributed by atoms with E-state index in [4.69, 9.17) is 14.2 Å². The third kappa shape index (κ3) is 2.60. The van der Waals surface area contributed by atoms with Gasteiger partial charge in [-0.15, -0.1) is 0 Å². The Morgan fingerprint density at radius 1 is 1.28 bits per heavy atom. The zero-order chi connectivity index (χ0) is 17.4. The second-order valence-electron chi connectivity index (χ2n) is 6.64. The molecule has 4 heterocycles. The Hall–Kier alpha value is -2.35. The highest BCUT2D eigenvalue weighted by Crippen LogP contribution is 2.43. The van der Waals surface area contributed by atoms with Crippen molar-refractivity contribution in [1.82, 2.24) is 15.2 Å². The molecule has 0 aromatic carbocycles. The number of rotatable bonds is 2. The molecule has 134 valence electrons. The maximum Gasteiger partial charge on any atom is 0.272 e. The maximum absolute atomic E-state index is 12.9. The van der Waals surface area contributed by atoms with Crippen LogP contribution >= 0.6 is 0 Å². The number of carbonyl (C=O) groups is 2. The van der Waals surface area contributed by atoms with Crippen molar-refractivity contribution in [1.29, 1.82) is 0 Å². The van der Waals surface area contributed by atoms with Gasteiger partial charge in [0.15, 0.2) is 5.75 Å². The van der Waals surface area contributed by atoms with E-state index in [9.17, 15) is 9.59 Å². The standard InChI is InChI=1S/C17H21N3O5/c1-18-16(22)17-4-5-23-9-11(17)8-20(10-17)15(21)12-2-3-13-14(19-12)25-7-6-24-13/h2-3,11H,4-10H2,1H3,(H,18,22)/t11-,17+/m1/s1. The monoisotopic (exact) mass is 347 g/mol. The number of carbonyl (C=O) groups excluding carboxylic acids is 2. The molecule has 1 aromatic rings. The van der Waals surface area contributed by atoms with Gasteiger partial charge < -0.3 is 24.4 Å². The number of amides is 2. The van der Waals surface area contributed by atoms with Crippen LogP contribution in [0.5, 0.6) is 11.6 Å². The molecule has 2 fully saturated rings. The molecule has 3 aliphatic rings. The van der Waals surface area contributed by atoms with Crippen molar-refractivity contribution in [2.75, 3.05) is 46.6 Å². The van der Waals surface area contributed by atoms with Gasteiger partial charge in [0.2, 0.25) is 5.91 Å². The minimum Gasteiger partial charge on any atom is -0.484 e. The molecular weight excluding hydrogens is 326 g/mol. The van der Waals surface area contributed by atoms with Crippen LogP contribution in [0.3, 0.4) is 0 Å². The van der Waals surface area contributed by atoms with Crippen molar-refractivity contribution in [3.05, 3.63) is 17.8 Å². The lowest BCUT2D eigenvalue weighted by molar-refractivity contribution is -0.138. The third-order valence-electron chi connectivity index (χ3n) is 5.30. The lowest BCUT2D eigenvalue weighted by atomic mass is 9.73. The number of nitrogens with zero attached hydrogens (tertiary/aromatic N) is 2. The molecule has 0 spiro atoms. The summed E-state index contributed by atoms with van der Waals surface area (Å²) in [6.07, 6.45) is 0.621. The molecule has 0 radical (unpaired) electrons. The van der Waals surface area contributed by atoms with Crippen LogP contribution in [0.15, 0.2) is 12.1 Å². The van der Waals surface area contributed by atoms with E-state index in [0.717, 1.165) is 0 Å². The largest absolute Gasteiger partial charge is 0.484 e. The van der Waals surface area contributed by atoms with Gasteiger partial charge in [0.25, 0.3) is 11.8 Å². The van der Waals surface area contributed by atoms with Gasteiger partial charge in [0, 0.05) is 32.7 Å². The van der Waals surface area contributed by atoms with Crippen molar-refractivity contribution >= 4 is 11.8 Å². The molecule has 2 amide bonds. The van der Waals surface area contributed by atoms with Crippen LogP contribution in [0.2, 0.25) is 0 Å². The summed E-state index contributed by atoms with van der Waals surface area (Å²) in [5, 5.41) is 2.75. The predicted molar refractivity (Wildman–Crippen MR) is 86.6 cm³/mol. The number of hydrogen-bond acceptors (Lipinski definition) is 6. The Kier molecular flexibility index (Phi) is 3.99. The molecule has 0 aliphatic carbocycles. The Morgan fingerprint density at radius 3 is 2.96 bits per heavy atom. The molecule has 2 saturated heterocycles. The Bertz CT molecular complexity index is 710. The maximum atomic E-state index is 12.9. The lowest BCUT2D eigenvalue weighted by Crippen LogP contribution is -2.49. The number of ether oxygens (including phenoxy) is 3. The van der Waals surface area contributed by atoms with Crippen molar-refractivity contribution in [3.63, 3.8) is 0 Å². The average Bonchev–Trinajstić information content (AvgIpc) is 3.07. The van der Waals surface area contributed by atoms with E-state index >= 15 is 0 Å². The molecular formula is C17H21N3O5. The number of aromatic nitrogens is 1. The Labute approximate surface area is 145 Å². The lowest BCUT2D eigenvalue weighted by Gasteiger charge is -2.36. The summed E-state index contributed by atoms with van der Waals surface area (Å²) in [7, 11) is 1.64. The normalized spacial score (nSPS) is 27.6. The predicted octanol–water partition coefficient (Wildman–Crippen LogP) is 0.0775. The van der Waals surface area contributed by atoms with E-state index in [1.807, 2.05) is 0 Å². The van der Waals surface area contributed by atoms with Crippen LogP contribution in [-0.2, 0) is 9.53 Å². The summed E-state index contributed by atoms with van der Waals surface area (Å²) in [5.41, 5.74) is -0.271. The molecule has 3 aliphatic heterocycles. The first kappa shape index (κ1) is 16.1. The van der Waals surface area contributed by atoms with Crippen LogP contribution in [0.4, 0.5) is 0 Å². The Balaban J connectivity index is 1.58. The Morgan fingerprint density at radius 2 is 2.12 bits per heavy atom. The van der Waals surface area contributed by atoms with Gasteiger partial charge in [0.1, 0.15) is 18.9 Å². The second kappa shape index (κ2) is 6.18. The molecule has 8 nitrogen and oxygen atoms in total. The van der Waals surface area contributed by atoms with E-state index in [2.05, 4.69) is 10.3 Å². The zero-order valence-corrected chi connectivity index (χ0v) is 14.1. The molecule has 8 heteroatoms. The number of fused-ring (bicyclic) bond motifs is 2. The summed E-state index contributed by atoms with van der Waals surface area (Å²) in [5.74, 6) is 0.675. The fraction of sp³-hybridized carbons (Fsp3) is 0.588. The first-order valence-corrected chi connectivity index (χ1v) is 8.50. The van der Waals surface area contributed by atoms with Gasteiger partial charge in [-0.2, -0.15) is 0 Å². The van der Waals surface area contributed by atoms with Crippen LogP contribution in [0.1, 0.15) is 16.9 Å². The van der Waals surface area contributed by atoms with Gasteiger partial charge in [-0.25, -0.2) is 4.98 Å². The molecule has 0 bridgehead atoms. The van der Waals surface area contributed by atoms with Crippen molar-refractivity contribution in [2.45, 2.75) is 6.42 Å². The van der Waals surface area contributed by atoms with Crippen molar-refractivity contribution in [3.8, 4) is 11.6 Å². The van der Waals surface area contributed by atoms with E-state index in [1.54, 1.807) is 24.1 Å². The highest BCUT2D eigenvalue weighted by atomic mass is 16.6. The minimum absolute atomic E-state index is 0.00219. The molecule has 1 aromatic heterocycles. The van der Waals surface area contributed by atoms with Crippen molar-refractivity contribution in [2.24, 2.45) is 11.3 Å². The highest BCUT2D eigenvalue weighted by Gasteiger charge is 2.54. The van der Waals surface area contributed by atoms with Crippen LogP contribution in [-0.4, -0.2) is 68.3 Å². The van der Waals surface area contributed by atoms with E-state index in [1.165, 1.54) is 0 Å². The molecule has 0 unspecified atom stereocenters. The van der Waals surface area contributed by atoms with Gasteiger partial charge in [-0.1, -0.05) is 0 Å². The summed E-state index contributed by atoms with van der Waals surface area (Å²) < 4.78 is 16.4. The van der Waals surface area contributed by atoms with E-state index in [-0.39, 0.29) is 17.7 Å². The van der Waals surface area contributed by atoms with Crippen LogP contribution < -0.4 is 14.8 Å². The van der Waals surface area contributed by atoms with E-state index in [0.29, 0.717) is 63.3 Å². The SMILES string of the molecule is CNC(=O)[C@]12CCOC[C@H]1CN(C(=O)c1ccc3c(n1)OCCO3)C2. The van der Waals surface area contributed by atoms with Gasteiger partial charge in [0.05, 0.1) is 12.0 Å². The first-order valence-electron chi connectivity index (χ1n) is 8.50. The summed E-state index contributed by atoms with van der Waals surface area (Å²) in [6, 6.07) is 3.34. The van der Waals surface area contributed by atoms with Crippen molar-refractivity contribution < 1.29 is 23.8 Å². The quantitative estimate of drug-likeness (QED) is 0.815. The molecule has 25 heavy (non-hydrogen) atoms. The smallest absolute Gasteiger partial charge is 0.272 e. The zero-order valence-electron chi connectivity index (χ0n) is 14.1. The summed E-state index contributed by atoms with van der Waals surface area (Å²) in [6.45, 7) is 2.79. The fourth-order valence-electron chi connectivity index (χ4n) is 3.94. The number of nitrogens with one attached hydrogen (secondary N) is 1. The molecule has 1 N–H and O–H groups in total. The van der Waals surface area contributed by atoms with E-state index < -0.39 is 5.41 Å². The van der Waals surface area contributed by atoms with Crippen LogP contribution in [0, 0.1) is 11.3 Å².